The molecule has 2 heterocycles. The van der Waals surface area contributed by atoms with Gasteiger partial charge in [-0.05, 0) is 28.1 Å². The van der Waals surface area contributed by atoms with E-state index in [-0.39, 0.29) is 16.0 Å². The van der Waals surface area contributed by atoms with Crippen LogP contribution in [0, 0.1) is 0 Å². The van der Waals surface area contributed by atoms with Crippen molar-refractivity contribution in [3.8, 4) is 0 Å². The van der Waals surface area contributed by atoms with E-state index in [1.54, 1.807) is 18.3 Å². The molecule has 0 unspecified atom stereocenters. The number of nitrogens with one attached hydrogen (secondary N) is 1. The lowest BCUT2D eigenvalue weighted by Crippen LogP contribution is -2.12. The maximum absolute atomic E-state index is 11.6. The van der Waals surface area contributed by atoms with E-state index in [1.807, 2.05) is 0 Å². The Hall–Kier alpha value is -1.54. The number of amides is 1. The zero-order chi connectivity index (χ0) is 11.5. The molecule has 0 fully saturated rings. The molecule has 0 saturated heterocycles. The third-order valence-electron chi connectivity index (χ3n) is 1.60. The molecule has 0 aliphatic carbocycles. The van der Waals surface area contributed by atoms with Crippen molar-refractivity contribution in [2.24, 2.45) is 0 Å². The zero-order valence-corrected chi connectivity index (χ0v) is 10.2. The van der Waals surface area contributed by atoms with Crippen LogP contribution >= 0.6 is 27.3 Å². The number of rotatable bonds is 2. The Morgan fingerprint density at radius 2 is 2.25 bits per heavy atom. The lowest BCUT2D eigenvalue weighted by Gasteiger charge is -2.00. The second-order valence-corrected chi connectivity index (χ2v) is 4.69. The Balaban J connectivity index is 2.10. The molecule has 0 spiro atoms. The van der Waals surface area contributed by atoms with Crippen LogP contribution in [-0.2, 0) is 0 Å². The van der Waals surface area contributed by atoms with Gasteiger partial charge in [0.05, 0.1) is 0 Å². The summed E-state index contributed by atoms with van der Waals surface area (Å²) in [6, 6.07) is 3.45. The summed E-state index contributed by atoms with van der Waals surface area (Å²) in [5.41, 5.74) is 5.37. The minimum absolute atomic E-state index is 0.210. The van der Waals surface area contributed by atoms with Crippen molar-refractivity contribution >= 4 is 44.1 Å². The minimum atomic E-state index is -0.371. The average Bonchev–Trinajstić information content (AvgIpc) is 2.68. The molecule has 6 nitrogen and oxygen atoms in total. The monoisotopic (exact) mass is 299 g/mol. The first kappa shape index (κ1) is 11.0. The van der Waals surface area contributed by atoms with Gasteiger partial charge in [0.25, 0.3) is 5.91 Å². The molecule has 2 rings (SSSR count). The highest BCUT2D eigenvalue weighted by Gasteiger charge is 2.11. The van der Waals surface area contributed by atoms with Gasteiger partial charge < -0.3 is 11.1 Å². The number of halogens is 1. The minimum Gasteiger partial charge on any atom is -0.374 e. The summed E-state index contributed by atoms with van der Waals surface area (Å²) in [5, 5.41) is 10.2. The van der Waals surface area contributed by atoms with Crippen molar-refractivity contribution in [2.45, 2.75) is 0 Å². The van der Waals surface area contributed by atoms with Gasteiger partial charge in [0.2, 0.25) is 10.1 Å². The summed E-state index contributed by atoms with van der Waals surface area (Å²) in [6.07, 6.45) is 1.59. The van der Waals surface area contributed by atoms with E-state index >= 15 is 0 Å². The molecule has 0 atom stereocenters. The van der Waals surface area contributed by atoms with Crippen LogP contribution in [0.2, 0.25) is 0 Å². The van der Waals surface area contributed by atoms with Crippen LogP contribution in [0.3, 0.4) is 0 Å². The van der Waals surface area contributed by atoms with Gasteiger partial charge in [-0.2, -0.15) is 0 Å². The van der Waals surface area contributed by atoms with Gasteiger partial charge in [0.1, 0.15) is 5.82 Å². The Morgan fingerprint density at radius 1 is 1.44 bits per heavy atom. The Kier molecular flexibility index (Phi) is 3.11. The number of carbonyl (C=O) groups is 1. The van der Waals surface area contributed by atoms with Crippen molar-refractivity contribution in [3.05, 3.63) is 27.8 Å². The molecular formula is C8H6BrN5OS. The van der Waals surface area contributed by atoms with E-state index in [0.29, 0.717) is 5.82 Å². The summed E-state index contributed by atoms with van der Waals surface area (Å²) < 4.78 is 0.839. The van der Waals surface area contributed by atoms with Gasteiger partial charge in [0.15, 0.2) is 0 Å². The molecule has 8 heteroatoms. The number of carbonyl (C=O) groups excluding carboxylic acids is 1. The molecule has 0 aliphatic rings. The molecule has 0 saturated carbocycles. The predicted octanol–water partition coefficient (Wildman–Crippen LogP) is 1.53. The van der Waals surface area contributed by atoms with Crippen LogP contribution in [0.1, 0.15) is 9.80 Å². The van der Waals surface area contributed by atoms with Crippen LogP contribution < -0.4 is 11.1 Å². The molecule has 82 valence electrons. The third kappa shape index (κ3) is 2.52. The van der Waals surface area contributed by atoms with Gasteiger partial charge in [-0.3, -0.25) is 4.79 Å². The van der Waals surface area contributed by atoms with E-state index in [9.17, 15) is 4.79 Å². The van der Waals surface area contributed by atoms with Crippen molar-refractivity contribution in [2.75, 3.05) is 11.1 Å². The van der Waals surface area contributed by atoms with Crippen molar-refractivity contribution in [3.63, 3.8) is 0 Å². The lowest BCUT2D eigenvalue weighted by molar-refractivity contribution is 0.102. The molecule has 0 radical (unpaired) electrons. The molecule has 0 aromatic carbocycles. The van der Waals surface area contributed by atoms with Crippen LogP contribution in [0.4, 0.5) is 10.9 Å². The Bertz CT molecular complexity index is 511. The van der Waals surface area contributed by atoms with Gasteiger partial charge >= 0.3 is 0 Å². The molecule has 2 aromatic heterocycles. The fraction of sp³-hybridized carbons (Fsp3) is 0. The molecule has 2 aromatic rings. The third-order valence-corrected chi connectivity index (χ3v) is 2.82. The van der Waals surface area contributed by atoms with Gasteiger partial charge in [0, 0.05) is 10.7 Å². The smallest absolute Gasteiger partial charge is 0.287 e. The van der Waals surface area contributed by atoms with Gasteiger partial charge in [-0.1, -0.05) is 11.3 Å². The number of anilines is 2. The predicted molar refractivity (Wildman–Crippen MR) is 64.2 cm³/mol. The lowest BCUT2D eigenvalue weighted by atomic mass is 10.4. The summed E-state index contributed by atoms with van der Waals surface area (Å²) >= 11 is 4.27. The molecule has 0 bridgehead atoms. The quantitative estimate of drug-likeness (QED) is 0.877. The molecule has 0 aliphatic heterocycles. The van der Waals surface area contributed by atoms with Crippen molar-refractivity contribution in [1.82, 2.24) is 15.2 Å². The van der Waals surface area contributed by atoms with Crippen molar-refractivity contribution < 1.29 is 4.79 Å². The molecular weight excluding hydrogens is 294 g/mol. The van der Waals surface area contributed by atoms with Gasteiger partial charge in [-0.25, -0.2) is 4.98 Å². The van der Waals surface area contributed by atoms with E-state index in [4.69, 9.17) is 5.73 Å². The van der Waals surface area contributed by atoms with Gasteiger partial charge in [-0.15, -0.1) is 10.2 Å². The van der Waals surface area contributed by atoms with E-state index < -0.39 is 0 Å². The summed E-state index contributed by atoms with van der Waals surface area (Å²) in [6.45, 7) is 0. The normalized spacial score (nSPS) is 10.1. The largest absolute Gasteiger partial charge is 0.374 e. The molecule has 16 heavy (non-hydrogen) atoms. The Morgan fingerprint density at radius 3 is 2.81 bits per heavy atom. The van der Waals surface area contributed by atoms with Crippen LogP contribution in [-0.4, -0.2) is 21.1 Å². The van der Waals surface area contributed by atoms with E-state index in [1.165, 1.54) is 0 Å². The first-order valence-electron chi connectivity index (χ1n) is 4.17. The average molecular weight is 300 g/mol. The van der Waals surface area contributed by atoms with Crippen LogP contribution in [0.25, 0.3) is 0 Å². The topological polar surface area (TPSA) is 93.8 Å². The fourth-order valence-electron chi connectivity index (χ4n) is 0.946. The summed E-state index contributed by atoms with van der Waals surface area (Å²) in [7, 11) is 0. The standard InChI is InChI=1S/C8H6BrN5OS/c9-4-1-2-5(11-3-4)12-6(15)7-13-14-8(10)16-7/h1-3H,(H2,10,14)(H,11,12,15). The second-order valence-electron chi connectivity index (χ2n) is 2.76. The first-order valence-corrected chi connectivity index (χ1v) is 5.78. The number of nitrogens with zero attached hydrogens (tertiary/aromatic N) is 3. The van der Waals surface area contributed by atoms with E-state index in [0.717, 1.165) is 15.8 Å². The number of nitrogen functional groups attached to an aromatic ring is 1. The highest BCUT2D eigenvalue weighted by atomic mass is 79.9. The molecule has 1 amide bonds. The number of nitrogens with two attached hydrogens (primary N) is 1. The van der Waals surface area contributed by atoms with Crippen LogP contribution in [0.5, 0.6) is 0 Å². The summed E-state index contributed by atoms with van der Waals surface area (Å²) in [4.78, 5) is 15.6. The SMILES string of the molecule is Nc1nnc(C(=O)Nc2ccc(Br)cn2)s1. The molecule has 3 N–H and O–H groups in total. The Labute approximate surface area is 103 Å². The maximum atomic E-state index is 11.6. The number of pyridine rings is 1. The first-order chi connectivity index (χ1) is 7.65. The second kappa shape index (κ2) is 4.54. The summed E-state index contributed by atoms with van der Waals surface area (Å²) in [5.74, 6) is 0.0750. The van der Waals surface area contributed by atoms with Crippen LogP contribution in [0.15, 0.2) is 22.8 Å². The fourth-order valence-corrected chi connectivity index (χ4v) is 1.69. The highest BCUT2D eigenvalue weighted by Crippen LogP contribution is 2.14. The van der Waals surface area contributed by atoms with E-state index in [2.05, 4.69) is 36.4 Å². The van der Waals surface area contributed by atoms with Crippen molar-refractivity contribution in [1.29, 1.82) is 0 Å². The zero-order valence-electron chi connectivity index (χ0n) is 7.85. The highest BCUT2D eigenvalue weighted by molar-refractivity contribution is 9.10. The number of aromatic nitrogens is 3. The maximum Gasteiger partial charge on any atom is 0.287 e. The number of hydrogen-bond donors (Lipinski definition) is 2. The number of hydrogen-bond acceptors (Lipinski definition) is 6.